The molecule has 1 spiro atoms. The lowest BCUT2D eigenvalue weighted by Crippen LogP contribution is -2.56. The minimum absolute atomic E-state index is 0.0157. The standard InChI is InChI=1S/C20H25N3O6/c1-12-11-14(13-5-4-10-28-13)29-17(25)15(12)16(24)23-8-6-20(7-9-23)18(26)21(2)19(27)22(20)3/h11,13H,4-10H2,1-3H3. The van der Waals surface area contributed by atoms with E-state index in [0.29, 0.717) is 30.8 Å². The number of hydrogen-bond donors (Lipinski definition) is 0. The number of imide groups is 1. The van der Waals surface area contributed by atoms with Gasteiger partial charge in [-0.05, 0) is 44.2 Å². The number of likely N-dealkylation sites (N-methyl/N-ethyl adjacent to an activating group) is 2. The molecule has 3 saturated heterocycles. The van der Waals surface area contributed by atoms with E-state index in [1.54, 1.807) is 24.9 Å². The Labute approximate surface area is 168 Å². The summed E-state index contributed by atoms with van der Waals surface area (Å²) in [5.74, 6) is -0.189. The SMILES string of the molecule is Cc1cc(C2CCCO2)oc(=O)c1C(=O)N1CCC2(CC1)C(=O)N(C)C(=O)N2C. The summed E-state index contributed by atoms with van der Waals surface area (Å²) in [5, 5.41) is 0. The first-order chi connectivity index (χ1) is 13.8. The number of hydrogen-bond acceptors (Lipinski definition) is 6. The maximum absolute atomic E-state index is 13.0. The molecule has 9 nitrogen and oxygen atoms in total. The fourth-order valence-corrected chi connectivity index (χ4v) is 4.59. The molecular weight excluding hydrogens is 378 g/mol. The molecule has 0 radical (unpaired) electrons. The van der Waals surface area contributed by atoms with Gasteiger partial charge in [-0.15, -0.1) is 0 Å². The molecule has 9 heteroatoms. The highest BCUT2D eigenvalue weighted by Crippen LogP contribution is 2.36. The van der Waals surface area contributed by atoms with Crippen molar-refractivity contribution in [1.29, 1.82) is 0 Å². The molecule has 0 bridgehead atoms. The second kappa shape index (κ2) is 6.98. The molecule has 3 fully saturated rings. The van der Waals surface area contributed by atoms with Gasteiger partial charge < -0.3 is 19.0 Å². The Balaban J connectivity index is 1.53. The average molecular weight is 403 g/mol. The van der Waals surface area contributed by atoms with Crippen molar-refractivity contribution < 1.29 is 23.5 Å². The summed E-state index contributed by atoms with van der Waals surface area (Å²) in [7, 11) is 3.08. The van der Waals surface area contributed by atoms with Gasteiger partial charge >= 0.3 is 11.7 Å². The summed E-state index contributed by atoms with van der Waals surface area (Å²) in [6.45, 7) is 2.91. The topological polar surface area (TPSA) is 100 Å². The molecule has 3 aliphatic heterocycles. The molecule has 156 valence electrons. The van der Waals surface area contributed by atoms with Gasteiger partial charge in [0.2, 0.25) is 0 Å². The van der Waals surface area contributed by atoms with Gasteiger partial charge in [-0.2, -0.15) is 0 Å². The highest BCUT2D eigenvalue weighted by Gasteiger charge is 2.55. The largest absolute Gasteiger partial charge is 0.424 e. The van der Waals surface area contributed by atoms with Gasteiger partial charge in [-0.1, -0.05) is 0 Å². The van der Waals surface area contributed by atoms with Crippen LogP contribution in [0, 0.1) is 6.92 Å². The summed E-state index contributed by atoms with van der Waals surface area (Å²) in [5.41, 5.74) is -1.00. The zero-order chi connectivity index (χ0) is 20.9. The maximum Gasteiger partial charge on any atom is 0.349 e. The number of amides is 4. The van der Waals surface area contributed by atoms with Crippen molar-refractivity contribution in [2.24, 2.45) is 0 Å². The van der Waals surface area contributed by atoms with Crippen LogP contribution < -0.4 is 5.63 Å². The van der Waals surface area contributed by atoms with Crippen molar-refractivity contribution in [3.8, 4) is 0 Å². The van der Waals surface area contributed by atoms with Crippen LogP contribution in [-0.2, 0) is 9.53 Å². The van der Waals surface area contributed by atoms with Crippen LogP contribution in [0.15, 0.2) is 15.3 Å². The fourth-order valence-electron chi connectivity index (χ4n) is 4.59. The third-order valence-corrected chi connectivity index (χ3v) is 6.43. The lowest BCUT2D eigenvalue weighted by Gasteiger charge is -2.40. The summed E-state index contributed by atoms with van der Waals surface area (Å²) in [4.78, 5) is 54.5. The first kappa shape index (κ1) is 19.6. The Morgan fingerprint density at radius 2 is 1.86 bits per heavy atom. The maximum atomic E-state index is 13.0. The van der Waals surface area contributed by atoms with Crippen molar-refractivity contribution >= 4 is 17.8 Å². The summed E-state index contributed by atoms with van der Waals surface area (Å²) >= 11 is 0. The average Bonchev–Trinajstić information content (AvgIpc) is 3.29. The first-order valence-electron chi connectivity index (χ1n) is 9.88. The van der Waals surface area contributed by atoms with E-state index in [1.807, 2.05) is 0 Å². The van der Waals surface area contributed by atoms with E-state index in [0.717, 1.165) is 17.7 Å². The molecule has 1 unspecified atom stereocenters. The number of carbonyl (C=O) groups is 3. The van der Waals surface area contributed by atoms with Crippen LogP contribution in [0.5, 0.6) is 0 Å². The van der Waals surface area contributed by atoms with Crippen molar-refractivity contribution in [3.05, 3.63) is 33.4 Å². The van der Waals surface area contributed by atoms with Gasteiger partial charge in [0.15, 0.2) is 0 Å². The van der Waals surface area contributed by atoms with E-state index in [-0.39, 0.29) is 36.7 Å². The number of piperidine rings is 1. The van der Waals surface area contributed by atoms with Gasteiger partial charge in [-0.25, -0.2) is 9.59 Å². The number of ether oxygens (including phenoxy) is 1. The van der Waals surface area contributed by atoms with E-state index >= 15 is 0 Å². The Bertz CT molecular complexity index is 925. The van der Waals surface area contributed by atoms with Gasteiger partial charge in [0.05, 0.1) is 0 Å². The molecule has 3 aliphatic rings. The van der Waals surface area contributed by atoms with E-state index in [9.17, 15) is 19.2 Å². The minimum atomic E-state index is -0.911. The lowest BCUT2D eigenvalue weighted by molar-refractivity contribution is -0.134. The van der Waals surface area contributed by atoms with Crippen LogP contribution in [-0.4, -0.2) is 71.9 Å². The summed E-state index contributed by atoms with van der Waals surface area (Å²) in [6, 6.07) is 1.37. The third kappa shape index (κ3) is 2.95. The van der Waals surface area contributed by atoms with Crippen molar-refractivity contribution in [2.75, 3.05) is 33.8 Å². The van der Waals surface area contributed by atoms with Gasteiger partial charge in [0, 0.05) is 33.8 Å². The molecule has 1 aromatic heterocycles. The predicted molar refractivity (Wildman–Crippen MR) is 101 cm³/mol. The molecule has 0 saturated carbocycles. The highest BCUT2D eigenvalue weighted by atomic mass is 16.5. The number of urea groups is 1. The molecule has 0 N–H and O–H groups in total. The van der Waals surface area contributed by atoms with Gasteiger partial charge in [0.1, 0.15) is 23.0 Å². The molecule has 4 heterocycles. The zero-order valence-electron chi connectivity index (χ0n) is 16.9. The third-order valence-electron chi connectivity index (χ3n) is 6.43. The molecule has 4 rings (SSSR count). The van der Waals surface area contributed by atoms with Crippen molar-refractivity contribution in [3.63, 3.8) is 0 Å². The van der Waals surface area contributed by atoms with Crippen molar-refractivity contribution in [2.45, 2.75) is 44.2 Å². The number of nitrogens with zero attached hydrogens (tertiary/aromatic N) is 3. The normalized spacial score (nSPS) is 24.1. The van der Waals surface area contributed by atoms with Crippen LogP contribution in [0.3, 0.4) is 0 Å². The second-order valence-electron chi connectivity index (χ2n) is 8.03. The summed E-state index contributed by atoms with van der Waals surface area (Å²) in [6.07, 6.45) is 2.14. The number of aryl methyl sites for hydroxylation is 1. The zero-order valence-corrected chi connectivity index (χ0v) is 16.9. The number of carbonyl (C=O) groups excluding carboxylic acids is 3. The van der Waals surface area contributed by atoms with Gasteiger partial charge in [-0.3, -0.25) is 14.5 Å². The van der Waals surface area contributed by atoms with Crippen LogP contribution in [0.25, 0.3) is 0 Å². The van der Waals surface area contributed by atoms with Crippen LogP contribution in [0.2, 0.25) is 0 Å². The van der Waals surface area contributed by atoms with Crippen molar-refractivity contribution in [1.82, 2.24) is 14.7 Å². The number of rotatable bonds is 2. The monoisotopic (exact) mass is 403 g/mol. The van der Waals surface area contributed by atoms with Crippen LogP contribution >= 0.6 is 0 Å². The second-order valence-corrected chi connectivity index (χ2v) is 8.03. The highest BCUT2D eigenvalue weighted by molar-refractivity contribution is 6.07. The Morgan fingerprint density at radius 3 is 2.38 bits per heavy atom. The lowest BCUT2D eigenvalue weighted by atomic mass is 9.86. The minimum Gasteiger partial charge on any atom is -0.424 e. The van der Waals surface area contributed by atoms with E-state index in [1.165, 1.54) is 11.9 Å². The Morgan fingerprint density at radius 1 is 1.17 bits per heavy atom. The molecule has 4 amide bonds. The molecule has 0 aromatic carbocycles. The fraction of sp³-hybridized carbons (Fsp3) is 0.600. The predicted octanol–water partition coefficient (Wildman–Crippen LogP) is 1.30. The van der Waals surface area contributed by atoms with Crippen LogP contribution in [0.1, 0.15) is 53.5 Å². The molecule has 1 aromatic rings. The molecule has 0 aliphatic carbocycles. The smallest absolute Gasteiger partial charge is 0.349 e. The quantitative estimate of drug-likeness (QED) is 0.690. The number of likely N-dealkylation sites (tertiary alicyclic amines) is 1. The molecule has 29 heavy (non-hydrogen) atoms. The van der Waals surface area contributed by atoms with Crippen LogP contribution in [0.4, 0.5) is 4.79 Å². The van der Waals surface area contributed by atoms with E-state index in [2.05, 4.69) is 0 Å². The molecule has 1 atom stereocenters. The Hall–Kier alpha value is -2.68. The van der Waals surface area contributed by atoms with E-state index in [4.69, 9.17) is 9.15 Å². The Kier molecular flexibility index (Phi) is 4.72. The summed E-state index contributed by atoms with van der Waals surface area (Å²) < 4.78 is 11.0. The van der Waals surface area contributed by atoms with E-state index < -0.39 is 17.1 Å². The first-order valence-corrected chi connectivity index (χ1v) is 9.88. The molecular formula is C20H25N3O6. The van der Waals surface area contributed by atoms with Gasteiger partial charge in [0.25, 0.3) is 11.8 Å².